The third kappa shape index (κ3) is 7.92. The second-order valence-electron chi connectivity index (χ2n) is 2.42. The molecule has 0 aromatic carbocycles. The lowest BCUT2D eigenvalue weighted by Crippen LogP contribution is -2.23. The van der Waals surface area contributed by atoms with Gasteiger partial charge < -0.3 is 0 Å². The van der Waals surface area contributed by atoms with Crippen LogP contribution in [-0.2, 0) is 0 Å². The number of unbranched alkanes of at least 4 members (excludes halogenated alkanes) is 2. The van der Waals surface area contributed by atoms with E-state index in [0.717, 1.165) is 6.54 Å². The van der Waals surface area contributed by atoms with Gasteiger partial charge in [-0.15, -0.1) is 0 Å². The zero-order valence-corrected chi connectivity index (χ0v) is 6.72. The molecule has 0 atom stereocenters. The maximum atomic E-state index is 4.20. The van der Waals surface area contributed by atoms with Gasteiger partial charge >= 0.3 is 0 Å². The van der Waals surface area contributed by atoms with E-state index >= 15 is 0 Å². The van der Waals surface area contributed by atoms with Gasteiger partial charge in [0.2, 0.25) is 0 Å². The Kier molecular flexibility index (Phi) is 5.99. The van der Waals surface area contributed by atoms with Gasteiger partial charge in [0.1, 0.15) is 0 Å². The molecule has 9 heavy (non-hydrogen) atoms. The Bertz CT molecular complexity index is 52.9. The predicted octanol–water partition coefficient (Wildman–Crippen LogP) is 1.26. The summed E-state index contributed by atoms with van der Waals surface area (Å²) in [6, 6.07) is 0. The molecule has 0 saturated heterocycles. The van der Waals surface area contributed by atoms with Gasteiger partial charge in [-0.2, -0.15) is 5.43 Å². The maximum Gasteiger partial charge on any atom is 0.0306 e. The van der Waals surface area contributed by atoms with Crippen molar-refractivity contribution in [1.29, 1.82) is 0 Å². The molecule has 0 amide bonds. The van der Waals surface area contributed by atoms with Crippen LogP contribution in [0.2, 0.25) is 0 Å². The summed E-state index contributed by atoms with van der Waals surface area (Å²) in [7, 11) is 3.93. The summed E-state index contributed by atoms with van der Waals surface area (Å²) >= 11 is 0. The van der Waals surface area contributed by atoms with E-state index in [1.165, 1.54) is 19.3 Å². The third-order valence-corrected chi connectivity index (χ3v) is 1.14. The standard InChI is InChI=1S/C7H17N2/c1-4-5-6-7-8-9(2)3/h4-7H2,1-3H3. The number of hydrogen-bond donors (Lipinski definition) is 0. The summed E-state index contributed by atoms with van der Waals surface area (Å²) in [5, 5.41) is 1.87. The Balaban J connectivity index is 2.75. The minimum atomic E-state index is 0.987. The number of nitrogens with zero attached hydrogens (tertiary/aromatic N) is 2. The lowest BCUT2D eigenvalue weighted by Gasteiger charge is -2.07. The van der Waals surface area contributed by atoms with E-state index in [1.54, 1.807) is 0 Å². The molecular formula is C7H17N2. The third-order valence-electron chi connectivity index (χ3n) is 1.14. The molecule has 0 bridgehead atoms. The minimum Gasteiger partial charge on any atom is -0.233 e. The van der Waals surface area contributed by atoms with Crippen molar-refractivity contribution in [2.24, 2.45) is 0 Å². The van der Waals surface area contributed by atoms with Crippen LogP contribution in [0.4, 0.5) is 0 Å². The van der Waals surface area contributed by atoms with Crippen molar-refractivity contribution >= 4 is 0 Å². The minimum absolute atomic E-state index is 0.987. The Morgan fingerprint density at radius 3 is 2.33 bits per heavy atom. The lowest BCUT2D eigenvalue weighted by molar-refractivity contribution is 0.276. The van der Waals surface area contributed by atoms with Crippen LogP contribution in [0, 0.1) is 0 Å². The van der Waals surface area contributed by atoms with Gasteiger partial charge in [0.15, 0.2) is 0 Å². The molecule has 0 fully saturated rings. The molecule has 0 heterocycles. The van der Waals surface area contributed by atoms with Crippen LogP contribution in [0.1, 0.15) is 26.2 Å². The van der Waals surface area contributed by atoms with Crippen molar-refractivity contribution in [2.75, 3.05) is 20.6 Å². The molecule has 1 radical (unpaired) electrons. The second-order valence-corrected chi connectivity index (χ2v) is 2.42. The highest BCUT2D eigenvalue weighted by atomic mass is 15.5. The van der Waals surface area contributed by atoms with E-state index in [-0.39, 0.29) is 0 Å². The normalized spacial score (nSPS) is 10.7. The quantitative estimate of drug-likeness (QED) is 0.403. The Morgan fingerprint density at radius 1 is 1.22 bits per heavy atom. The van der Waals surface area contributed by atoms with E-state index in [0.29, 0.717) is 0 Å². The SMILES string of the molecule is CCCCC[N]N(C)C. The number of hydrogen-bond acceptors (Lipinski definition) is 1. The van der Waals surface area contributed by atoms with Gasteiger partial charge in [0, 0.05) is 20.6 Å². The molecule has 0 saturated carbocycles. The van der Waals surface area contributed by atoms with Gasteiger partial charge in [-0.1, -0.05) is 19.8 Å². The van der Waals surface area contributed by atoms with Crippen LogP contribution in [0.25, 0.3) is 0 Å². The average Bonchev–Trinajstić information content (AvgIpc) is 1.80. The summed E-state index contributed by atoms with van der Waals surface area (Å²) in [6.45, 7) is 3.19. The van der Waals surface area contributed by atoms with E-state index in [1.807, 2.05) is 19.1 Å². The summed E-state index contributed by atoms with van der Waals surface area (Å²) in [5.74, 6) is 0. The summed E-state index contributed by atoms with van der Waals surface area (Å²) in [5.41, 5.74) is 4.20. The maximum absolute atomic E-state index is 4.20. The van der Waals surface area contributed by atoms with Crippen molar-refractivity contribution in [3.8, 4) is 0 Å². The van der Waals surface area contributed by atoms with Crippen LogP contribution in [0.3, 0.4) is 0 Å². The smallest absolute Gasteiger partial charge is 0.0306 e. The zero-order valence-electron chi connectivity index (χ0n) is 6.72. The molecule has 2 nitrogen and oxygen atoms in total. The van der Waals surface area contributed by atoms with Crippen molar-refractivity contribution in [1.82, 2.24) is 10.4 Å². The highest BCUT2D eigenvalue weighted by molar-refractivity contribution is 4.40. The van der Waals surface area contributed by atoms with Crippen molar-refractivity contribution in [3.05, 3.63) is 0 Å². The lowest BCUT2D eigenvalue weighted by atomic mass is 10.2. The first-order chi connectivity index (χ1) is 4.27. The molecule has 0 aliphatic heterocycles. The number of rotatable bonds is 5. The van der Waals surface area contributed by atoms with Crippen molar-refractivity contribution in [3.63, 3.8) is 0 Å². The first kappa shape index (κ1) is 8.92. The average molecular weight is 129 g/mol. The van der Waals surface area contributed by atoms with Crippen LogP contribution >= 0.6 is 0 Å². The van der Waals surface area contributed by atoms with Gasteiger partial charge in [-0.05, 0) is 6.42 Å². The van der Waals surface area contributed by atoms with E-state index in [4.69, 9.17) is 0 Å². The largest absolute Gasteiger partial charge is 0.233 e. The molecule has 55 valence electrons. The summed E-state index contributed by atoms with van der Waals surface area (Å²) < 4.78 is 0. The van der Waals surface area contributed by atoms with Crippen molar-refractivity contribution in [2.45, 2.75) is 26.2 Å². The van der Waals surface area contributed by atoms with Crippen LogP contribution in [0.15, 0.2) is 0 Å². The first-order valence-corrected chi connectivity index (χ1v) is 3.62. The van der Waals surface area contributed by atoms with Gasteiger partial charge in [0.05, 0.1) is 0 Å². The summed E-state index contributed by atoms with van der Waals surface area (Å²) in [6.07, 6.45) is 3.81. The van der Waals surface area contributed by atoms with E-state index < -0.39 is 0 Å². The molecule has 0 spiro atoms. The van der Waals surface area contributed by atoms with E-state index in [9.17, 15) is 0 Å². The zero-order chi connectivity index (χ0) is 7.11. The highest BCUT2D eigenvalue weighted by Gasteiger charge is 1.88. The predicted molar refractivity (Wildman–Crippen MR) is 40.2 cm³/mol. The molecule has 0 N–H and O–H groups in total. The molecule has 0 aromatic heterocycles. The molecule has 0 aliphatic carbocycles. The monoisotopic (exact) mass is 129 g/mol. The van der Waals surface area contributed by atoms with Gasteiger partial charge in [0.25, 0.3) is 0 Å². The molecule has 2 heteroatoms. The topological polar surface area (TPSA) is 17.3 Å². The molecular weight excluding hydrogens is 112 g/mol. The fourth-order valence-corrected chi connectivity index (χ4v) is 0.633. The Labute approximate surface area is 58.2 Å². The van der Waals surface area contributed by atoms with Crippen molar-refractivity contribution < 1.29 is 0 Å². The van der Waals surface area contributed by atoms with E-state index in [2.05, 4.69) is 12.3 Å². The molecule has 0 unspecified atom stereocenters. The Hall–Kier alpha value is -0.0800. The molecule has 0 aromatic rings. The fraction of sp³-hybridized carbons (Fsp3) is 1.00. The van der Waals surface area contributed by atoms with Crippen LogP contribution in [0.5, 0.6) is 0 Å². The fourth-order valence-electron chi connectivity index (χ4n) is 0.633. The highest BCUT2D eigenvalue weighted by Crippen LogP contribution is 1.91. The van der Waals surface area contributed by atoms with Gasteiger partial charge in [-0.3, -0.25) is 0 Å². The molecule has 0 aliphatic rings. The Morgan fingerprint density at radius 2 is 1.89 bits per heavy atom. The summed E-state index contributed by atoms with van der Waals surface area (Å²) in [4.78, 5) is 0. The second kappa shape index (κ2) is 6.05. The molecule has 0 rings (SSSR count). The van der Waals surface area contributed by atoms with Crippen LogP contribution in [-0.4, -0.2) is 25.6 Å². The van der Waals surface area contributed by atoms with Crippen LogP contribution < -0.4 is 5.43 Å². The van der Waals surface area contributed by atoms with Gasteiger partial charge in [-0.25, -0.2) is 5.01 Å². The first-order valence-electron chi connectivity index (χ1n) is 3.62.